The van der Waals surface area contributed by atoms with Crippen molar-refractivity contribution in [3.8, 4) is 11.3 Å². The topological polar surface area (TPSA) is 79.5 Å². The SMILES string of the molecule is CN(C(=O)O)c1cc(-c2cccnc2)no1. The molecule has 6 heteroatoms. The summed E-state index contributed by atoms with van der Waals surface area (Å²) in [6.07, 6.45) is 2.17. The van der Waals surface area contributed by atoms with Crippen molar-refractivity contribution >= 4 is 12.0 Å². The van der Waals surface area contributed by atoms with Gasteiger partial charge in [0.15, 0.2) is 0 Å². The Labute approximate surface area is 91.1 Å². The van der Waals surface area contributed by atoms with E-state index < -0.39 is 6.09 Å². The van der Waals surface area contributed by atoms with Gasteiger partial charge in [0, 0.05) is 31.1 Å². The van der Waals surface area contributed by atoms with Gasteiger partial charge < -0.3 is 9.63 Å². The smallest absolute Gasteiger partial charge is 0.413 e. The summed E-state index contributed by atoms with van der Waals surface area (Å²) in [6, 6.07) is 5.13. The molecule has 82 valence electrons. The molecule has 6 nitrogen and oxygen atoms in total. The van der Waals surface area contributed by atoms with Gasteiger partial charge in [-0.3, -0.25) is 4.98 Å². The van der Waals surface area contributed by atoms with Gasteiger partial charge in [0.05, 0.1) is 0 Å². The third kappa shape index (κ3) is 1.85. The lowest BCUT2D eigenvalue weighted by Gasteiger charge is -2.05. The first-order valence-corrected chi connectivity index (χ1v) is 4.52. The van der Waals surface area contributed by atoms with Crippen LogP contribution in [0.3, 0.4) is 0 Å². The molecule has 0 bridgehead atoms. The van der Waals surface area contributed by atoms with Crippen LogP contribution in [0.4, 0.5) is 10.7 Å². The lowest BCUT2D eigenvalue weighted by Crippen LogP contribution is -2.23. The van der Waals surface area contributed by atoms with E-state index in [1.54, 1.807) is 24.5 Å². The fourth-order valence-electron chi connectivity index (χ4n) is 1.17. The molecule has 1 amide bonds. The van der Waals surface area contributed by atoms with Gasteiger partial charge in [-0.2, -0.15) is 0 Å². The number of nitrogens with zero attached hydrogens (tertiary/aromatic N) is 3. The Bertz CT molecular complexity index is 495. The molecule has 0 unspecified atom stereocenters. The Morgan fingerprint density at radius 2 is 2.38 bits per heavy atom. The number of aromatic nitrogens is 2. The first kappa shape index (κ1) is 10.2. The molecule has 0 atom stereocenters. The second-order valence-electron chi connectivity index (χ2n) is 3.13. The highest BCUT2D eigenvalue weighted by Gasteiger charge is 2.14. The molecule has 0 fully saturated rings. The van der Waals surface area contributed by atoms with E-state index in [1.807, 2.05) is 6.07 Å². The monoisotopic (exact) mass is 219 g/mol. The second-order valence-corrected chi connectivity index (χ2v) is 3.13. The van der Waals surface area contributed by atoms with Crippen LogP contribution in [0.1, 0.15) is 0 Å². The summed E-state index contributed by atoms with van der Waals surface area (Å²) >= 11 is 0. The molecule has 2 rings (SSSR count). The Hall–Kier alpha value is -2.37. The zero-order valence-electron chi connectivity index (χ0n) is 8.49. The van der Waals surface area contributed by atoms with Crippen LogP contribution >= 0.6 is 0 Å². The van der Waals surface area contributed by atoms with Crippen molar-refractivity contribution in [2.75, 3.05) is 11.9 Å². The number of hydrogen-bond donors (Lipinski definition) is 1. The van der Waals surface area contributed by atoms with E-state index in [0.717, 1.165) is 10.5 Å². The maximum absolute atomic E-state index is 10.7. The van der Waals surface area contributed by atoms with Gasteiger partial charge in [0.25, 0.3) is 0 Å². The normalized spacial score (nSPS) is 10.1. The van der Waals surface area contributed by atoms with Crippen molar-refractivity contribution in [3.63, 3.8) is 0 Å². The highest BCUT2D eigenvalue weighted by atomic mass is 16.5. The lowest BCUT2D eigenvalue weighted by atomic mass is 10.2. The average molecular weight is 219 g/mol. The van der Waals surface area contributed by atoms with Gasteiger partial charge >= 0.3 is 6.09 Å². The number of hydrogen-bond acceptors (Lipinski definition) is 4. The molecule has 0 saturated carbocycles. The summed E-state index contributed by atoms with van der Waals surface area (Å²) in [7, 11) is 1.38. The van der Waals surface area contributed by atoms with Gasteiger partial charge in [-0.05, 0) is 12.1 Å². The summed E-state index contributed by atoms with van der Waals surface area (Å²) in [4.78, 5) is 15.6. The summed E-state index contributed by atoms with van der Waals surface area (Å²) in [5.74, 6) is 0.173. The van der Waals surface area contributed by atoms with Crippen LogP contribution in [0, 0.1) is 0 Å². The third-order valence-corrected chi connectivity index (χ3v) is 2.07. The van der Waals surface area contributed by atoms with Crippen LogP contribution in [0.2, 0.25) is 0 Å². The first-order valence-electron chi connectivity index (χ1n) is 4.52. The predicted molar refractivity (Wildman–Crippen MR) is 56.2 cm³/mol. The van der Waals surface area contributed by atoms with Crippen LogP contribution in [-0.4, -0.2) is 28.4 Å². The van der Waals surface area contributed by atoms with Gasteiger partial charge in [0.1, 0.15) is 5.69 Å². The molecule has 0 radical (unpaired) electrons. The summed E-state index contributed by atoms with van der Waals surface area (Å²) in [6.45, 7) is 0. The first-order chi connectivity index (χ1) is 7.68. The van der Waals surface area contributed by atoms with E-state index in [0.29, 0.717) is 5.69 Å². The molecule has 16 heavy (non-hydrogen) atoms. The number of carboxylic acid groups (broad SMARTS) is 1. The minimum Gasteiger partial charge on any atom is -0.465 e. The zero-order chi connectivity index (χ0) is 11.5. The van der Waals surface area contributed by atoms with E-state index in [2.05, 4.69) is 10.1 Å². The van der Waals surface area contributed by atoms with Gasteiger partial charge in [-0.1, -0.05) is 5.16 Å². The minimum absolute atomic E-state index is 0.173. The second kappa shape index (κ2) is 4.01. The molecule has 2 aromatic rings. The Balaban J connectivity index is 2.30. The fraction of sp³-hybridized carbons (Fsp3) is 0.100. The number of rotatable bonds is 2. The van der Waals surface area contributed by atoms with Crippen molar-refractivity contribution in [2.24, 2.45) is 0 Å². The van der Waals surface area contributed by atoms with E-state index in [9.17, 15) is 4.79 Å². The molecule has 0 saturated heterocycles. The van der Waals surface area contributed by atoms with Gasteiger partial charge in [-0.15, -0.1) is 0 Å². The van der Waals surface area contributed by atoms with E-state index in [1.165, 1.54) is 7.05 Å². The van der Waals surface area contributed by atoms with Crippen molar-refractivity contribution < 1.29 is 14.4 Å². The highest BCUT2D eigenvalue weighted by Crippen LogP contribution is 2.22. The molecule has 0 spiro atoms. The maximum Gasteiger partial charge on any atom is 0.413 e. The molecule has 1 N–H and O–H groups in total. The van der Waals surface area contributed by atoms with E-state index in [-0.39, 0.29) is 5.88 Å². The molecular formula is C10H9N3O3. The van der Waals surface area contributed by atoms with Crippen LogP contribution in [0.25, 0.3) is 11.3 Å². The van der Waals surface area contributed by atoms with Crippen LogP contribution in [0.15, 0.2) is 35.1 Å². The fourth-order valence-corrected chi connectivity index (χ4v) is 1.17. The van der Waals surface area contributed by atoms with Crippen molar-refractivity contribution in [3.05, 3.63) is 30.6 Å². The van der Waals surface area contributed by atoms with Crippen molar-refractivity contribution in [2.45, 2.75) is 0 Å². The zero-order valence-corrected chi connectivity index (χ0v) is 8.49. The van der Waals surface area contributed by atoms with Gasteiger partial charge in [0.2, 0.25) is 5.88 Å². The maximum atomic E-state index is 10.7. The van der Waals surface area contributed by atoms with E-state index in [4.69, 9.17) is 9.63 Å². The Kier molecular flexibility index (Phi) is 2.55. The van der Waals surface area contributed by atoms with Crippen LogP contribution in [-0.2, 0) is 0 Å². The molecule has 0 aliphatic heterocycles. The molecular weight excluding hydrogens is 210 g/mol. The third-order valence-electron chi connectivity index (χ3n) is 2.07. The van der Waals surface area contributed by atoms with Crippen LogP contribution in [0.5, 0.6) is 0 Å². The number of amides is 1. The summed E-state index contributed by atoms with van der Waals surface area (Å²) in [5, 5.41) is 12.5. The number of anilines is 1. The van der Waals surface area contributed by atoms with E-state index >= 15 is 0 Å². The molecule has 2 heterocycles. The molecule has 0 aliphatic rings. The molecule has 0 aliphatic carbocycles. The minimum atomic E-state index is -1.10. The van der Waals surface area contributed by atoms with Crippen molar-refractivity contribution in [1.82, 2.24) is 10.1 Å². The van der Waals surface area contributed by atoms with Gasteiger partial charge in [-0.25, -0.2) is 9.69 Å². The molecule has 0 aromatic carbocycles. The largest absolute Gasteiger partial charge is 0.465 e. The number of carbonyl (C=O) groups is 1. The molecule has 2 aromatic heterocycles. The Morgan fingerprint density at radius 3 is 3.00 bits per heavy atom. The standard InChI is InChI=1S/C10H9N3O3/c1-13(10(14)15)9-5-8(12-16-9)7-3-2-4-11-6-7/h2-6H,1H3,(H,14,15). The van der Waals surface area contributed by atoms with Crippen molar-refractivity contribution in [1.29, 1.82) is 0 Å². The quantitative estimate of drug-likeness (QED) is 0.833. The summed E-state index contributed by atoms with van der Waals surface area (Å²) < 4.78 is 4.91. The predicted octanol–water partition coefficient (Wildman–Crippen LogP) is 1.85. The Morgan fingerprint density at radius 1 is 1.56 bits per heavy atom. The highest BCUT2D eigenvalue weighted by molar-refractivity contribution is 5.84. The number of pyridine rings is 1. The summed E-state index contributed by atoms with van der Waals surface area (Å²) in [5.41, 5.74) is 1.33. The van der Waals surface area contributed by atoms with Crippen LogP contribution < -0.4 is 4.90 Å². The average Bonchev–Trinajstić information content (AvgIpc) is 2.78. The lowest BCUT2D eigenvalue weighted by molar-refractivity contribution is 0.201.